The quantitative estimate of drug-likeness (QED) is 0.169. The highest BCUT2D eigenvalue weighted by Crippen LogP contribution is 2.31. The molecule has 0 spiro atoms. The van der Waals surface area contributed by atoms with Gasteiger partial charge in [-0.1, -0.05) is 78.9 Å². The van der Waals surface area contributed by atoms with Crippen molar-refractivity contribution in [2.75, 3.05) is 6.54 Å². The highest BCUT2D eigenvalue weighted by molar-refractivity contribution is 5.95. The van der Waals surface area contributed by atoms with Crippen molar-refractivity contribution in [1.29, 1.82) is 5.41 Å². The molecule has 38 heavy (non-hydrogen) atoms. The number of amidine groups is 1. The van der Waals surface area contributed by atoms with Crippen molar-refractivity contribution in [2.24, 2.45) is 5.73 Å². The van der Waals surface area contributed by atoms with Gasteiger partial charge in [-0.25, -0.2) is 0 Å². The molecule has 1 atom stereocenters. The zero-order valence-electron chi connectivity index (χ0n) is 20.9. The Morgan fingerprint density at radius 3 is 2.08 bits per heavy atom. The van der Waals surface area contributed by atoms with Crippen LogP contribution in [0.4, 0.5) is 0 Å². The number of carbonyl (C=O) groups is 3. The van der Waals surface area contributed by atoms with Gasteiger partial charge in [-0.3, -0.25) is 25.1 Å². The van der Waals surface area contributed by atoms with E-state index in [1.807, 2.05) is 54.6 Å². The fraction of sp³-hybridized carbons (Fsp3) is 0.241. The highest BCUT2D eigenvalue weighted by Gasteiger charge is 2.45. The second-order valence-electron chi connectivity index (χ2n) is 9.50. The van der Waals surface area contributed by atoms with E-state index in [0.717, 1.165) is 22.3 Å². The molecule has 0 radical (unpaired) electrons. The Balaban J connectivity index is 1.54. The molecule has 1 aliphatic carbocycles. The average Bonchev–Trinajstić information content (AvgIpc) is 3.29. The molecule has 0 bridgehead atoms. The van der Waals surface area contributed by atoms with Gasteiger partial charge in [0.1, 0.15) is 11.4 Å². The minimum absolute atomic E-state index is 0.0347. The van der Waals surface area contributed by atoms with E-state index in [2.05, 4.69) is 16.0 Å². The van der Waals surface area contributed by atoms with Crippen molar-refractivity contribution < 1.29 is 19.5 Å². The Morgan fingerprint density at radius 2 is 1.50 bits per heavy atom. The summed E-state index contributed by atoms with van der Waals surface area (Å²) >= 11 is 0. The Kier molecular flexibility index (Phi) is 8.18. The van der Waals surface area contributed by atoms with Crippen molar-refractivity contribution in [2.45, 2.75) is 37.4 Å². The van der Waals surface area contributed by atoms with Crippen molar-refractivity contribution >= 4 is 23.6 Å². The van der Waals surface area contributed by atoms with Crippen LogP contribution in [0, 0.1) is 5.41 Å². The first-order valence-corrected chi connectivity index (χ1v) is 12.4. The number of rotatable bonds is 11. The molecule has 0 saturated heterocycles. The molecule has 0 saturated carbocycles. The summed E-state index contributed by atoms with van der Waals surface area (Å²) in [5.41, 5.74) is 8.54. The summed E-state index contributed by atoms with van der Waals surface area (Å²) in [6.07, 6.45) is 0.912. The summed E-state index contributed by atoms with van der Waals surface area (Å²) in [4.78, 5) is 38.5. The molecule has 0 aliphatic heterocycles. The van der Waals surface area contributed by atoms with Gasteiger partial charge in [0.25, 0.3) is 0 Å². The van der Waals surface area contributed by atoms with Crippen LogP contribution in [0.5, 0.6) is 0 Å². The van der Waals surface area contributed by atoms with E-state index < -0.39 is 23.5 Å². The normalized spacial score (nSPS) is 14.2. The van der Waals surface area contributed by atoms with E-state index in [-0.39, 0.29) is 31.3 Å². The smallest absolute Gasteiger partial charge is 0.317 e. The third kappa shape index (κ3) is 6.43. The molecule has 2 amide bonds. The number of carboxylic acids is 1. The number of benzene rings is 3. The first-order valence-electron chi connectivity index (χ1n) is 12.4. The maximum atomic E-state index is 13.7. The lowest BCUT2D eigenvalue weighted by Gasteiger charge is -2.31. The second kappa shape index (κ2) is 11.7. The van der Waals surface area contributed by atoms with Gasteiger partial charge >= 0.3 is 5.97 Å². The van der Waals surface area contributed by atoms with Crippen LogP contribution in [0.1, 0.15) is 27.8 Å². The molecule has 0 aromatic heterocycles. The summed E-state index contributed by atoms with van der Waals surface area (Å²) in [5.74, 6) is -1.88. The first kappa shape index (κ1) is 26.6. The number of nitrogens with one attached hydrogen (secondary N) is 4. The molecular weight excluding hydrogens is 482 g/mol. The van der Waals surface area contributed by atoms with Crippen LogP contribution < -0.4 is 21.7 Å². The summed E-state index contributed by atoms with van der Waals surface area (Å²) < 4.78 is 0. The van der Waals surface area contributed by atoms with Gasteiger partial charge in [0.2, 0.25) is 11.8 Å². The van der Waals surface area contributed by atoms with Gasteiger partial charge in [-0.15, -0.1) is 0 Å². The Hall–Kier alpha value is -4.50. The highest BCUT2D eigenvalue weighted by atomic mass is 16.4. The minimum atomic E-state index is -1.22. The first-order chi connectivity index (χ1) is 18.3. The number of aliphatic carboxylic acids is 1. The molecule has 3 aromatic rings. The van der Waals surface area contributed by atoms with Crippen molar-refractivity contribution in [1.82, 2.24) is 16.0 Å². The number of carboxylic acid groups (broad SMARTS) is 1. The molecule has 0 fully saturated rings. The standard InChI is InChI=1S/C29H31N5O4/c30-26(31)21-12-10-20(11-13-21)17-33-28(38)29(15-22-8-4-5-9-23(22)16-29)34-27(37)24(32-18-25(35)36)14-19-6-2-1-3-7-19/h1-13,24,32H,14-18H2,(H3,30,31)(H,33,38)(H,34,37)(H,35,36)/t24-/m1/s1. The zero-order valence-corrected chi connectivity index (χ0v) is 20.9. The molecule has 1 aliphatic rings. The number of hydrogen-bond donors (Lipinski definition) is 6. The van der Waals surface area contributed by atoms with E-state index in [9.17, 15) is 19.5 Å². The Morgan fingerprint density at radius 1 is 0.895 bits per heavy atom. The lowest BCUT2D eigenvalue weighted by atomic mass is 9.92. The minimum Gasteiger partial charge on any atom is -0.480 e. The molecule has 196 valence electrons. The third-order valence-corrected chi connectivity index (χ3v) is 6.72. The van der Waals surface area contributed by atoms with Gasteiger partial charge in [0.15, 0.2) is 0 Å². The molecule has 0 heterocycles. The van der Waals surface area contributed by atoms with E-state index in [1.54, 1.807) is 24.3 Å². The molecule has 9 nitrogen and oxygen atoms in total. The molecule has 3 aromatic carbocycles. The number of carbonyl (C=O) groups excluding carboxylic acids is 2. The number of nitrogens with two attached hydrogens (primary N) is 1. The topological polar surface area (TPSA) is 157 Å². The van der Waals surface area contributed by atoms with E-state index in [0.29, 0.717) is 18.4 Å². The van der Waals surface area contributed by atoms with Crippen LogP contribution >= 0.6 is 0 Å². The lowest BCUT2D eigenvalue weighted by Crippen LogP contribution is -2.63. The molecule has 9 heteroatoms. The van der Waals surface area contributed by atoms with Crippen LogP contribution in [0.3, 0.4) is 0 Å². The SMILES string of the molecule is N=C(N)c1ccc(CNC(=O)C2(NC(=O)[C@@H](Cc3ccccc3)NCC(=O)O)Cc3ccccc3C2)cc1. The van der Waals surface area contributed by atoms with Crippen LogP contribution in [-0.2, 0) is 40.2 Å². The van der Waals surface area contributed by atoms with Crippen LogP contribution in [-0.4, -0.2) is 46.9 Å². The van der Waals surface area contributed by atoms with Gasteiger partial charge in [-0.05, 0) is 28.7 Å². The third-order valence-electron chi connectivity index (χ3n) is 6.72. The summed E-state index contributed by atoms with van der Waals surface area (Å²) in [7, 11) is 0. The predicted molar refractivity (Wildman–Crippen MR) is 144 cm³/mol. The monoisotopic (exact) mass is 513 g/mol. The van der Waals surface area contributed by atoms with E-state index in [4.69, 9.17) is 11.1 Å². The molecule has 4 rings (SSSR count). The fourth-order valence-electron chi connectivity index (χ4n) is 4.72. The number of hydrogen-bond acceptors (Lipinski definition) is 5. The molecular formula is C29H31N5O4. The Bertz CT molecular complexity index is 1300. The predicted octanol–water partition coefficient (Wildman–Crippen LogP) is 1.53. The number of amides is 2. The van der Waals surface area contributed by atoms with Gasteiger partial charge < -0.3 is 21.5 Å². The van der Waals surface area contributed by atoms with Crippen molar-refractivity contribution in [3.05, 3.63) is 107 Å². The lowest BCUT2D eigenvalue weighted by molar-refractivity contribution is -0.137. The average molecular weight is 514 g/mol. The molecule has 0 unspecified atom stereocenters. The van der Waals surface area contributed by atoms with Crippen LogP contribution in [0.25, 0.3) is 0 Å². The maximum absolute atomic E-state index is 13.7. The Labute approximate surface area is 221 Å². The summed E-state index contributed by atoms with van der Waals surface area (Å²) in [6, 6.07) is 23.2. The van der Waals surface area contributed by atoms with Crippen LogP contribution in [0.15, 0.2) is 78.9 Å². The molecule has 7 N–H and O–H groups in total. The van der Waals surface area contributed by atoms with Crippen molar-refractivity contribution in [3.63, 3.8) is 0 Å². The fourth-order valence-corrected chi connectivity index (χ4v) is 4.72. The zero-order chi connectivity index (χ0) is 27.1. The van der Waals surface area contributed by atoms with Gasteiger partial charge in [-0.2, -0.15) is 0 Å². The van der Waals surface area contributed by atoms with Crippen molar-refractivity contribution in [3.8, 4) is 0 Å². The maximum Gasteiger partial charge on any atom is 0.317 e. The number of fused-ring (bicyclic) bond motifs is 1. The van der Waals surface area contributed by atoms with Crippen LogP contribution in [0.2, 0.25) is 0 Å². The largest absolute Gasteiger partial charge is 0.480 e. The van der Waals surface area contributed by atoms with E-state index in [1.165, 1.54) is 0 Å². The summed E-state index contributed by atoms with van der Waals surface area (Å²) in [5, 5.41) is 25.5. The van der Waals surface area contributed by atoms with Gasteiger partial charge in [0, 0.05) is 24.9 Å². The summed E-state index contributed by atoms with van der Waals surface area (Å²) in [6.45, 7) is -0.156. The van der Waals surface area contributed by atoms with Gasteiger partial charge in [0.05, 0.1) is 12.6 Å². The van der Waals surface area contributed by atoms with E-state index >= 15 is 0 Å². The second-order valence-corrected chi connectivity index (χ2v) is 9.50. The number of nitrogen functional groups attached to an aromatic ring is 1.